The first-order chi connectivity index (χ1) is 16.1. The number of aliphatic carboxylic acids is 1. The minimum atomic E-state index is -3.73. The fourth-order valence-electron chi connectivity index (χ4n) is 4.11. The monoisotopic (exact) mass is 487 g/mol. The number of carboxylic acids is 1. The van der Waals surface area contributed by atoms with Crippen molar-refractivity contribution in [3.05, 3.63) is 52.9 Å². The largest absolute Gasteiger partial charge is 0.494 e. The summed E-state index contributed by atoms with van der Waals surface area (Å²) in [4.78, 5) is 18.9. The number of hydrogen-bond acceptors (Lipinski definition) is 6. The van der Waals surface area contributed by atoms with Crippen molar-refractivity contribution in [1.82, 2.24) is 9.29 Å². The summed E-state index contributed by atoms with van der Waals surface area (Å²) in [5, 5.41) is 16.9. The third-order valence-corrected chi connectivity index (χ3v) is 7.95. The molecular weight excluding hydrogens is 463 g/mol. The topological polar surface area (TPSA) is 125 Å². The van der Waals surface area contributed by atoms with Gasteiger partial charge in [-0.15, -0.1) is 0 Å². The molecule has 4 rings (SSSR count). The Kier molecular flexibility index (Phi) is 6.38. The second kappa shape index (κ2) is 9.12. The van der Waals surface area contributed by atoms with Gasteiger partial charge in [-0.05, 0) is 48.9 Å². The molecule has 0 amide bonds. The number of halogens is 1. The van der Waals surface area contributed by atoms with E-state index in [1.165, 1.54) is 16.4 Å². The number of sulfonamides is 1. The number of hydrogen-bond donors (Lipinski definition) is 2. The Morgan fingerprint density at radius 3 is 2.71 bits per heavy atom. The molecule has 2 aromatic rings. The molecule has 11 heteroatoms. The van der Waals surface area contributed by atoms with Gasteiger partial charge in [-0.1, -0.05) is 0 Å². The Labute approximate surface area is 196 Å². The fraction of sp³-hybridized carbons (Fsp3) is 0.391. The van der Waals surface area contributed by atoms with E-state index in [0.29, 0.717) is 18.9 Å². The van der Waals surface area contributed by atoms with Crippen molar-refractivity contribution in [3.63, 3.8) is 0 Å². The zero-order chi connectivity index (χ0) is 24.5. The molecule has 1 aliphatic heterocycles. The van der Waals surface area contributed by atoms with Gasteiger partial charge in [-0.3, -0.25) is 4.79 Å². The lowest BCUT2D eigenvalue weighted by molar-refractivity contribution is -0.135. The summed E-state index contributed by atoms with van der Waals surface area (Å²) >= 11 is 0. The number of ether oxygens (including phenoxy) is 1. The number of carboxylic acid groups (broad SMARTS) is 1. The van der Waals surface area contributed by atoms with E-state index >= 15 is 0 Å². The SMILES string of the molecule is CCOc1ccc(S(=O)(=O)N2CC(C#[N+]c3cc(F)ncc3C(=N)CC(=O)O)C3(CC3)C2)cc1. The third kappa shape index (κ3) is 4.78. The molecule has 2 heterocycles. The summed E-state index contributed by atoms with van der Waals surface area (Å²) in [5.74, 6) is -1.74. The number of aromatic nitrogens is 1. The number of carbonyl (C=O) groups is 1. The summed E-state index contributed by atoms with van der Waals surface area (Å²) in [5.41, 5.74) is -0.393. The van der Waals surface area contributed by atoms with Crippen LogP contribution in [0.4, 0.5) is 10.1 Å². The molecule has 1 saturated carbocycles. The molecule has 1 unspecified atom stereocenters. The molecule has 1 aromatic heterocycles. The molecule has 2 fully saturated rings. The van der Waals surface area contributed by atoms with Gasteiger partial charge < -0.3 is 15.3 Å². The minimum Gasteiger partial charge on any atom is -0.494 e. The van der Waals surface area contributed by atoms with Gasteiger partial charge in [0.05, 0.1) is 29.7 Å². The van der Waals surface area contributed by atoms with Gasteiger partial charge in [0.15, 0.2) is 0 Å². The van der Waals surface area contributed by atoms with Crippen LogP contribution in [0, 0.1) is 28.8 Å². The van der Waals surface area contributed by atoms with Crippen LogP contribution in [-0.2, 0) is 14.8 Å². The average molecular weight is 488 g/mol. The maximum atomic E-state index is 13.7. The highest BCUT2D eigenvalue weighted by atomic mass is 32.2. The second-order valence-electron chi connectivity index (χ2n) is 8.43. The van der Waals surface area contributed by atoms with Crippen LogP contribution in [0.3, 0.4) is 0 Å². The van der Waals surface area contributed by atoms with Gasteiger partial charge >= 0.3 is 11.7 Å². The van der Waals surface area contributed by atoms with Crippen LogP contribution in [0.2, 0.25) is 0 Å². The Bertz CT molecular complexity index is 1300. The number of benzene rings is 1. The van der Waals surface area contributed by atoms with Gasteiger partial charge in [0.1, 0.15) is 17.2 Å². The van der Waals surface area contributed by atoms with Crippen LogP contribution in [0.25, 0.3) is 4.85 Å². The molecule has 1 saturated heterocycles. The van der Waals surface area contributed by atoms with Gasteiger partial charge in [0, 0.05) is 24.7 Å². The summed E-state index contributed by atoms with van der Waals surface area (Å²) in [6.45, 7) is 2.84. The molecule has 1 aromatic carbocycles. The maximum absolute atomic E-state index is 13.7. The van der Waals surface area contributed by atoms with Crippen LogP contribution in [0.15, 0.2) is 41.4 Å². The van der Waals surface area contributed by atoms with Crippen molar-refractivity contribution in [2.45, 2.75) is 31.1 Å². The van der Waals surface area contributed by atoms with Crippen molar-refractivity contribution < 1.29 is 27.4 Å². The lowest BCUT2D eigenvalue weighted by atomic mass is 9.94. The van der Waals surface area contributed by atoms with Crippen molar-refractivity contribution in [1.29, 1.82) is 5.41 Å². The van der Waals surface area contributed by atoms with Crippen LogP contribution in [0.1, 0.15) is 31.7 Å². The van der Waals surface area contributed by atoms with Crippen LogP contribution in [0.5, 0.6) is 5.75 Å². The molecule has 1 spiro atoms. The van der Waals surface area contributed by atoms with E-state index in [1.807, 2.05) is 6.92 Å². The zero-order valence-corrected chi connectivity index (χ0v) is 19.3. The van der Waals surface area contributed by atoms with Gasteiger partial charge in [-0.2, -0.15) is 8.70 Å². The number of nitrogens with zero attached hydrogens (tertiary/aromatic N) is 3. The first-order valence-electron chi connectivity index (χ1n) is 10.8. The number of nitrogens with one attached hydrogen (secondary N) is 1. The third-order valence-electron chi connectivity index (χ3n) is 6.12. The highest BCUT2D eigenvalue weighted by Crippen LogP contribution is 2.57. The Balaban J connectivity index is 1.58. The lowest BCUT2D eigenvalue weighted by Gasteiger charge is -2.16. The van der Waals surface area contributed by atoms with E-state index in [1.54, 1.807) is 12.1 Å². The molecule has 178 valence electrons. The van der Waals surface area contributed by atoms with Gasteiger partial charge in [0.25, 0.3) is 6.07 Å². The predicted molar refractivity (Wildman–Crippen MR) is 122 cm³/mol. The zero-order valence-electron chi connectivity index (χ0n) is 18.5. The molecule has 1 aliphatic carbocycles. The minimum absolute atomic E-state index is 0.0439. The number of rotatable bonds is 7. The van der Waals surface area contributed by atoms with Crippen LogP contribution >= 0.6 is 0 Å². The van der Waals surface area contributed by atoms with Crippen LogP contribution in [-0.4, -0.2) is 54.2 Å². The summed E-state index contributed by atoms with van der Waals surface area (Å²) < 4.78 is 47.0. The standard InChI is InChI=1S/C23H23FN4O5S/c1-2-33-16-3-5-17(6-4-16)34(31,32)28-13-15(23(14-28)7-8-23)11-26-20-10-21(24)27-12-18(20)19(25)9-22(29)30/h3-6,10,12,15,25H,2,7-9,13-14H2,1H3/p+1. The first kappa shape index (κ1) is 23.8. The maximum Gasteiger partial charge on any atom is 0.355 e. The molecule has 1 atom stereocenters. The van der Waals surface area contributed by atoms with Crippen molar-refractivity contribution in [3.8, 4) is 11.8 Å². The van der Waals surface area contributed by atoms with Crippen molar-refractivity contribution in [2.75, 3.05) is 19.7 Å². The van der Waals surface area contributed by atoms with E-state index in [4.69, 9.17) is 15.3 Å². The molecule has 2 aliphatic rings. The average Bonchev–Trinajstić information content (AvgIpc) is 3.46. The first-order valence-corrected chi connectivity index (χ1v) is 12.2. The van der Waals surface area contributed by atoms with E-state index < -0.39 is 28.4 Å². The smallest absolute Gasteiger partial charge is 0.355 e. The Hall–Kier alpha value is -3.36. The van der Waals surface area contributed by atoms with E-state index in [9.17, 15) is 17.6 Å². The van der Waals surface area contributed by atoms with Crippen LogP contribution < -0.4 is 4.74 Å². The lowest BCUT2D eigenvalue weighted by Crippen LogP contribution is -2.29. The predicted octanol–water partition coefficient (Wildman–Crippen LogP) is 3.53. The molecule has 0 radical (unpaired) electrons. The normalized spacial score (nSPS) is 18.8. The number of pyridine rings is 1. The second-order valence-corrected chi connectivity index (χ2v) is 10.4. The Morgan fingerprint density at radius 1 is 1.38 bits per heavy atom. The highest BCUT2D eigenvalue weighted by Gasteiger charge is 2.59. The van der Waals surface area contributed by atoms with E-state index in [2.05, 4.69) is 15.9 Å². The van der Waals surface area contributed by atoms with Gasteiger partial charge in [0.2, 0.25) is 16.0 Å². The Morgan fingerprint density at radius 2 is 2.09 bits per heavy atom. The quantitative estimate of drug-likeness (QED) is 0.455. The fourth-order valence-corrected chi connectivity index (χ4v) is 5.66. The van der Waals surface area contributed by atoms with Crippen molar-refractivity contribution >= 4 is 27.4 Å². The molecule has 34 heavy (non-hydrogen) atoms. The molecular formula is C23H24FN4O5S+. The van der Waals surface area contributed by atoms with E-state index in [-0.39, 0.29) is 39.7 Å². The highest BCUT2D eigenvalue weighted by molar-refractivity contribution is 7.89. The summed E-state index contributed by atoms with van der Waals surface area (Å²) in [7, 11) is -3.73. The van der Waals surface area contributed by atoms with Gasteiger partial charge in [-0.25, -0.2) is 13.4 Å². The molecule has 0 bridgehead atoms. The summed E-state index contributed by atoms with van der Waals surface area (Å²) in [6, 6.07) is 10.3. The molecule has 2 N–H and O–H groups in total. The van der Waals surface area contributed by atoms with E-state index in [0.717, 1.165) is 25.1 Å². The summed E-state index contributed by atoms with van der Waals surface area (Å²) in [6.07, 6.45) is 2.16. The molecule has 9 nitrogen and oxygen atoms in total. The van der Waals surface area contributed by atoms with Crippen molar-refractivity contribution in [2.24, 2.45) is 11.3 Å².